The van der Waals surface area contributed by atoms with Gasteiger partial charge in [-0.3, -0.25) is 4.79 Å². The van der Waals surface area contributed by atoms with Crippen LogP contribution in [0.15, 0.2) is 47.1 Å². The highest BCUT2D eigenvalue weighted by Crippen LogP contribution is 2.10. The van der Waals surface area contributed by atoms with E-state index >= 15 is 0 Å². The van der Waals surface area contributed by atoms with Crippen molar-refractivity contribution < 1.29 is 13.9 Å². The molecule has 0 bridgehead atoms. The molecule has 2 aromatic rings. The number of methoxy groups -OCH3 is 1. The van der Waals surface area contributed by atoms with Crippen molar-refractivity contribution in [2.24, 2.45) is 0 Å². The number of furan rings is 1. The molecule has 0 aliphatic heterocycles. The lowest BCUT2D eigenvalue weighted by atomic mass is 10.2. The van der Waals surface area contributed by atoms with Gasteiger partial charge in [0.1, 0.15) is 11.5 Å². The minimum absolute atomic E-state index is 0.00799. The van der Waals surface area contributed by atoms with Crippen LogP contribution >= 0.6 is 0 Å². The van der Waals surface area contributed by atoms with Gasteiger partial charge in [-0.25, -0.2) is 0 Å². The summed E-state index contributed by atoms with van der Waals surface area (Å²) in [6.45, 7) is 1.80. The Kier molecular flexibility index (Phi) is 5.84. The molecule has 112 valence electrons. The topological polar surface area (TPSA) is 63.5 Å². The van der Waals surface area contributed by atoms with Gasteiger partial charge in [0, 0.05) is 19.5 Å². The third kappa shape index (κ3) is 5.31. The van der Waals surface area contributed by atoms with Gasteiger partial charge in [-0.2, -0.15) is 0 Å². The molecule has 0 unspecified atom stereocenters. The summed E-state index contributed by atoms with van der Waals surface area (Å²) >= 11 is 0. The van der Waals surface area contributed by atoms with Gasteiger partial charge in [0.25, 0.3) is 0 Å². The van der Waals surface area contributed by atoms with Crippen LogP contribution in [-0.4, -0.2) is 19.6 Å². The molecular weight excluding hydrogens is 268 g/mol. The van der Waals surface area contributed by atoms with Gasteiger partial charge >= 0.3 is 0 Å². The molecule has 0 atom stereocenters. The first-order valence-corrected chi connectivity index (χ1v) is 6.90. The fourth-order valence-corrected chi connectivity index (χ4v) is 1.87. The molecule has 1 aromatic carbocycles. The van der Waals surface area contributed by atoms with Gasteiger partial charge < -0.3 is 19.8 Å². The van der Waals surface area contributed by atoms with Crippen molar-refractivity contribution >= 4 is 5.91 Å². The first kappa shape index (κ1) is 15.1. The average molecular weight is 288 g/mol. The number of ether oxygens (including phenoxy) is 1. The quantitative estimate of drug-likeness (QED) is 0.730. The smallest absolute Gasteiger partial charge is 0.221 e. The Labute approximate surface area is 124 Å². The molecule has 21 heavy (non-hydrogen) atoms. The van der Waals surface area contributed by atoms with Gasteiger partial charge in [0.15, 0.2) is 0 Å². The number of hydrogen-bond donors (Lipinski definition) is 2. The fourth-order valence-electron chi connectivity index (χ4n) is 1.87. The van der Waals surface area contributed by atoms with Crippen molar-refractivity contribution in [2.45, 2.75) is 19.5 Å². The zero-order valence-corrected chi connectivity index (χ0v) is 12.1. The van der Waals surface area contributed by atoms with Crippen LogP contribution in [-0.2, 0) is 17.9 Å². The van der Waals surface area contributed by atoms with Gasteiger partial charge in [-0.05, 0) is 29.8 Å². The van der Waals surface area contributed by atoms with Crippen molar-refractivity contribution in [3.05, 3.63) is 54.0 Å². The summed E-state index contributed by atoms with van der Waals surface area (Å²) in [7, 11) is 1.65. The molecular formula is C16H20N2O3. The van der Waals surface area contributed by atoms with Crippen LogP contribution in [0.1, 0.15) is 17.7 Å². The minimum Gasteiger partial charge on any atom is -0.497 e. The summed E-state index contributed by atoms with van der Waals surface area (Å²) < 4.78 is 10.2. The van der Waals surface area contributed by atoms with Crippen molar-refractivity contribution in [2.75, 3.05) is 13.7 Å². The maximum atomic E-state index is 11.6. The van der Waals surface area contributed by atoms with Crippen LogP contribution in [0.3, 0.4) is 0 Å². The van der Waals surface area contributed by atoms with E-state index in [-0.39, 0.29) is 5.91 Å². The predicted molar refractivity (Wildman–Crippen MR) is 79.9 cm³/mol. The largest absolute Gasteiger partial charge is 0.497 e. The Balaban J connectivity index is 1.59. The van der Waals surface area contributed by atoms with Crippen LogP contribution in [0.5, 0.6) is 5.75 Å². The highest BCUT2D eigenvalue weighted by Gasteiger charge is 2.02. The molecule has 0 fully saturated rings. The van der Waals surface area contributed by atoms with E-state index in [0.717, 1.165) is 23.6 Å². The first-order valence-electron chi connectivity index (χ1n) is 6.90. The summed E-state index contributed by atoms with van der Waals surface area (Å²) in [6.07, 6.45) is 2.04. The van der Waals surface area contributed by atoms with Gasteiger partial charge in [0.05, 0.1) is 19.9 Å². The molecule has 1 aromatic heterocycles. The lowest BCUT2D eigenvalue weighted by molar-refractivity contribution is -0.121. The van der Waals surface area contributed by atoms with Crippen LogP contribution in [0.25, 0.3) is 0 Å². The summed E-state index contributed by atoms with van der Waals surface area (Å²) in [5, 5.41) is 6.05. The second-order valence-electron chi connectivity index (χ2n) is 4.63. The van der Waals surface area contributed by atoms with E-state index in [0.29, 0.717) is 19.5 Å². The van der Waals surface area contributed by atoms with Crippen LogP contribution in [0.2, 0.25) is 0 Å². The first-order chi connectivity index (χ1) is 10.3. The Bertz CT molecular complexity index is 535. The van der Waals surface area contributed by atoms with Gasteiger partial charge in [-0.1, -0.05) is 12.1 Å². The molecule has 0 radical (unpaired) electrons. The lowest BCUT2D eigenvalue weighted by Gasteiger charge is -2.06. The van der Waals surface area contributed by atoms with Crippen molar-refractivity contribution in [3.63, 3.8) is 0 Å². The third-order valence-corrected chi connectivity index (χ3v) is 3.06. The summed E-state index contributed by atoms with van der Waals surface area (Å²) in [5.74, 6) is 1.61. The van der Waals surface area contributed by atoms with Crippen LogP contribution < -0.4 is 15.4 Å². The molecule has 1 heterocycles. The zero-order chi connectivity index (χ0) is 14.9. The van der Waals surface area contributed by atoms with E-state index in [1.807, 2.05) is 30.3 Å². The molecule has 5 nitrogen and oxygen atoms in total. The molecule has 5 heteroatoms. The van der Waals surface area contributed by atoms with E-state index in [1.165, 1.54) is 0 Å². The number of benzene rings is 1. The summed E-state index contributed by atoms with van der Waals surface area (Å²) in [4.78, 5) is 11.6. The molecule has 0 saturated carbocycles. The Morgan fingerprint density at radius 1 is 1.19 bits per heavy atom. The molecule has 0 aliphatic carbocycles. The lowest BCUT2D eigenvalue weighted by Crippen LogP contribution is -2.27. The summed E-state index contributed by atoms with van der Waals surface area (Å²) in [6, 6.07) is 11.5. The predicted octanol–water partition coefficient (Wildman–Crippen LogP) is 2.08. The number of rotatable bonds is 8. The monoisotopic (exact) mass is 288 g/mol. The SMILES string of the molecule is COc1ccc(CNCCC(=O)NCc2ccco2)cc1. The second kappa shape index (κ2) is 8.11. The number of hydrogen-bond acceptors (Lipinski definition) is 4. The number of carbonyl (C=O) groups excluding carboxylic acids is 1. The van der Waals surface area contributed by atoms with E-state index in [4.69, 9.17) is 9.15 Å². The van der Waals surface area contributed by atoms with E-state index in [1.54, 1.807) is 19.4 Å². The zero-order valence-electron chi connectivity index (χ0n) is 12.1. The molecule has 1 amide bonds. The van der Waals surface area contributed by atoms with Crippen molar-refractivity contribution in [1.82, 2.24) is 10.6 Å². The number of nitrogens with one attached hydrogen (secondary N) is 2. The van der Waals surface area contributed by atoms with E-state index in [9.17, 15) is 4.79 Å². The highest BCUT2D eigenvalue weighted by atomic mass is 16.5. The highest BCUT2D eigenvalue weighted by molar-refractivity contribution is 5.75. The van der Waals surface area contributed by atoms with Gasteiger partial charge in [-0.15, -0.1) is 0 Å². The van der Waals surface area contributed by atoms with Crippen LogP contribution in [0.4, 0.5) is 0 Å². The minimum atomic E-state index is 0.00799. The molecule has 2 rings (SSSR count). The maximum Gasteiger partial charge on any atom is 0.221 e. The molecule has 0 saturated heterocycles. The van der Waals surface area contributed by atoms with Crippen molar-refractivity contribution in [1.29, 1.82) is 0 Å². The Morgan fingerprint density at radius 3 is 2.67 bits per heavy atom. The number of carbonyl (C=O) groups is 1. The summed E-state index contributed by atoms with van der Waals surface area (Å²) in [5.41, 5.74) is 1.16. The molecule has 0 aliphatic rings. The Hall–Kier alpha value is -2.27. The standard InChI is InChI=1S/C16H20N2O3/c1-20-14-6-4-13(5-7-14)11-17-9-8-16(19)18-12-15-3-2-10-21-15/h2-7,10,17H,8-9,11-12H2,1H3,(H,18,19). The normalized spacial score (nSPS) is 10.3. The molecule has 2 N–H and O–H groups in total. The third-order valence-electron chi connectivity index (χ3n) is 3.06. The fraction of sp³-hybridized carbons (Fsp3) is 0.312. The van der Waals surface area contributed by atoms with Crippen molar-refractivity contribution in [3.8, 4) is 5.75 Å². The average Bonchev–Trinajstić information content (AvgIpc) is 3.03. The maximum absolute atomic E-state index is 11.6. The van der Waals surface area contributed by atoms with Gasteiger partial charge in [0.2, 0.25) is 5.91 Å². The van der Waals surface area contributed by atoms with Crippen LogP contribution in [0, 0.1) is 0 Å². The molecule has 0 spiro atoms. The van der Waals surface area contributed by atoms with E-state index < -0.39 is 0 Å². The second-order valence-corrected chi connectivity index (χ2v) is 4.63. The van der Waals surface area contributed by atoms with E-state index in [2.05, 4.69) is 10.6 Å². The Morgan fingerprint density at radius 2 is 2.00 bits per heavy atom. The number of amides is 1.